The van der Waals surface area contributed by atoms with Crippen LogP contribution in [0.3, 0.4) is 0 Å². The highest BCUT2D eigenvalue weighted by molar-refractivity contribution is 7.91. The first-order valence-corrected chi connectivity index (χ1v) is 12.6. The van der Waals surface area contributed by atoms with E-state index >= 15 is 0 Å². The molecule has 0 spiro atoms. The average Bonchev–Trinajstić information content (AvgIpc) is 3.48. The molecule has 0 saturated carbocycles. The van der Waals surface area contributed by atoms with E-state index in [9.17, 15) is 13.2 Å². The van der Waals surface area contributed by atoms with Crippen molar-refractivity contribution in [1.82, 2.24) is 14.4 Å². The number of hydrogen-bond acceptors (Lipinski definition) is 9. The highest BCUT2D eigenvalue weighted by atomic mass is 32.2. The van der Waals surface area contributed by atoms with Gasteiger partial charge >= 0.3 is 0 Å². The number of nitrogens with one attached hydrogen (secondary N) is 1. The van der Waals surface area contributed by atoms with Gasteiger partial charge in [0.15, 0.2) is 11.5 Å². The van der Waals surface area contributed by atoms with Gasteiger partial charge in [-0.3, -0.25) is 4.79 Å². The van der Waals surface area contributed by atoms with Crippen molar-refractivity contribution in [3.8, 4) is 22.9 Å². The Bertz CT molecular complexity index is 1250. The molecular weight excluding hydrogens is 468 g/mol. The summed E-state index contributed by atoms with van der Waals surface area (Å²) < 4.78 is 43.5. The standard InChI is InChI=1S/C21H24N4O6S2/c1-13-22-20(24-31-13)15-9-19(32-12-15)33(27,28)25-8-4-5-14(11-25)21(26)23-16-6-7-17(29-2)18(10-16)30-3/h6-7,9-10,12,14H,4-5,8,11H2,1-3H3,(H,23,26)/t14-/m1/s1. The molecule has 1 amide bonds. The number of carbonyl (C=O) groups excluding carboxylic acids is 1. The van der Waals surface area contributed by atoms with Crippen molar-refractivity contribution in [2.75, 3.05) is 32.6 Å². The van der Waals surface area contributed by atoms with Crippen LogP contribution in [0.1, 0.15) is 18.7 Å². The van der Waals surface area contributed by atoms with Gasteiger partial charge in [-0.1, -0.05) is 5.16 Å². The maximum absolute atomic E-state index is 13.2. The van der Waals surface area contributed by atoms with Crippen LogP contribution in [-0.2, 0) is 14.8 Å². The SMILES string of the molecule is COc1ccc(NC(=O)[C@@H]2CCCN(S(=O)(=O)c3cc(-c4noc(C)n4)cs3)C2)cc1OC. The number of aryl methyl sites for hydroxylation is 1. The Hall–Kier alpha value is -2.96. The van der Waals surface area contributed by atoms with E-state index in [1.165, 1.54) is 24.6 Å². The Morgan fingerprint density at radius 1 is 1.24 bits per heavy atom. The zero-order chi connectivity index (χ0) is 23.6. The monoisotopic (exact) mass is 492 g/mol. The molecule has 1 aliphatic rings. The lowest BCUT2D eigenvalue weighted by atomic mass is 9.98. The Morgan fingerprint density at radius 3 is 2.73 bits per heavy atom. The maximum Gasteiger partial charge on any atom is 0.252 e. The van der Waals surface area contributed by atoms with E-state index in [4.69, 9.17) is 14.0 Å². The van der Waals surface area contributed by atoms with E-state index in [0.717, 1.165) is 11.3 Å². The molecule has 33 heavy (non-hydrogen) atoms. The number of piperidine rings is 1. The number of carbonyl (C=O) groups is 1. The third-order valence-corrected chi connectivity index (χ3v) is 8.64. The molecule has 1 N–H and O–H groups in total. The molecule has 12 heteroatoms. The van der Waals surface area contributed by atoms with Crippen molar-refractivity contribution in [3.63, 3.8) is 0 Å². The molecule has 1 aromatic carbocycles. The maximum atomic E-state index is 13.2. The van der Waals surface area contributed by atoms with E-state index in [1.54, 1.807) is 30.5 Å². The van der Waals surface area contributed by atoms with E-state index in [-0.39, 0.29) is 16.7 Å². The summed E-state index contributed by atoms with van der Waals surface area (Å²) in [5.74, 6) is 1.08. The number of anilines is 1. The van der Waals surface area contributed by atoms with Crippen molar-refractivity contribution in [1.29, 1.82) is 0 Å². The second-order valence-corrected chi connectivity index (χ2v) is 10.6. The van der Waals surface area contributed by atoms with Gasteiger partial charge in [-0.15, -0.1) is 11.3 Å². The van der Waals surface area contributed by atoms with Crippen LogP contribution in [0.25, 0.3) is 11.4 Å². The molecule has 4 rings (SSSR count). The van der Waals surface area contributed by atoms with Crippen molar-refractivity contribution < 1.29 is 27.2 Å². The van der Waals surface area contributed by atoms with Gasteiger partial charge in [0.05, 0.1) is 20.1 Å². The molecular formula is C21H24N4O6S2. The minimum absolute atomic E-state index is 0.107. The molecule has 0 radical (unpaired) electrons. The first-order chi connectivity index (χ1) is 15.8. The van der Waals surface area contributed by atoms with Crippen molar-refractivity contribution >= 4 is 33.0 Å². The summed E-state index contributed by atoms with van der Waals surface area (Å²) in [6.45, 7) is 2.13. The number of sulfonamides is 1. The van der Waals surface area contributed by atoms with Gasteiger partial charge in [0.1, 0.15) is 4.21 Å². The second kappa shape index (κ2) is 9.49. The van der Waals surface area contributed by atoms with E-state index < -0.39 is 15.9 Å². The lowest BCUT2D eigenvalue weighted by Gasteiger charge is -2.30. The van der Waals surface area contributed by atoms with Gasteiger partial charge < -0.3 is 19.3 Å². The molecule has 0 unspecified atom stereocenters. The molecule has 3 heterocycles. The third-order valence-electron chi connectivity index (χ3n) is 5.36. The molecule has 1 fully saturated rings. The molecule has 0 aliphatic carbocycles. The largest absolute Gasteiger partial charge is 0.493 e. The van der Waals surface area contributed by atoms with Gasteiger partial charge in [0.25, 0.3) is 10.0 Å². The number of amides is 1. The van der Waals surface area contributed by atoms with Crippen LogP contribution in [0, 0.1) is 12.8 Å². The highest BCUT2D eigenvalue weighted by Crippen LogP contribution is 2.33. The van der Waals surface area contributed by atoms with Crippen LogP contribution in [0.2, 0.25) is 0 Å². The molecule has 2 aromatic heterocycles. The van der Waals surface area contributed by atoms with Crippen LogP contribution in [0.15, 0.2) is 38.4 Å². The Balaban J connectivity index is 1.46. The number of methoxy groups -OCH3 is 2. The summed E-state index contributed by atoms with van der Waals surface area (Å²) in [6, 6.07) is 6.62. The summed E-state index contributed by atoms with van der Waals surface area (Å²) in [5, 5.41) is 8.37. The molecule has 0 bridgehead atoms. The summed E-state index contributed by atoms with van der Waals surface area (Å²) in [7, 11) is -0.701. The minimum atomic E-state index is -3.75. The van der Waals surface area contributed by atoms with Crippen LogP contribution in [0.5, 0.6) is 11.5 Å². The number of rotatable bonds is 7. The first-order valence-electron chi connectivity index (χ1n) is 10.2. The minimum Gasteiger partial charge on any atom is -0.493 e. The fourth-order valence-corrected chi connectivity index (χ4v) is 6.48. The molecule has 1 saturated heterocycles. The van der Waals surface area contributed by atoms with Gasteiger partial charge in [-0.2, -0.15) is 9.29 Å². The molecule has 176 valence electrons. The predicted molar refractivity (Wildman–Crippen MR) is 122 cm³/mol. The Kier molecular flexibility index (Phi) is 6.68. The van der Waals surface area contributed by atoms with Crippen LogP contribution >= 0.6 is 11.3 Å². The summed E-state index contributed by atoms with van der Waals surface area (Å²) in [6.07, 6.45) is 1.19. The quantitative estimate of drug-likeness (QED) is 0.533. The van der Waals surface area contributed by atoms with Crippen molar-refractivity contribution in [2.45, 2.75) is 24.0 Å². The van der Waals surface area contributed by atoms with Crippen LogP contribution in [0.4, 0.5) is 5.69 Å². The van der Waals surface area contributed by atoms with E-state index in [1.807, 2.05) is 0 Å². The Labute approximate surface area is 195 Å². The number of nitrogens with zero attached hydrogens (tertiary/aromatic N) is 3. The number of benzene rings is 1. The zero-order valence-electron chi connectivity index (χ0n) is 18.4. The van der Waals surface area contributed by atoms with E-state index in [0.29, 0.717) is 53.9 Å². The average molecular weight is 493 g/mol. The number of aromatic nitrogens is 2. The molecule has 1 atom stereocenters. The predicted octanol–water partition coefficient (Wildman–Crippen LogP) is 3.16. The topological polar surface area (TPSA) is 124 Å². The van der Waals surface area contributed by atoms with Crippen LogP contribution < -0.4 is 14.8 Å². The van der Waals surface area contributed by atoms with Crippen molar-refractivity contribution in [2.24, 2.45) is 5.92 Å². The number of ether oxygens (including phenoxy) is 2. The third kappa shape index (κ3) is 4.87. The normalized spacial score (nSPS) is 17.0. The molecule has 3 aromatic rings. The fourth-order valence-electron chi connectivity index (χ4n) is 3.65. The fraction of sp³-hybridized carbons (Fsp3) is 0.381. The molecule has 1 aliphatic heterocycles. The lowest BCUT2D eigenvalue weighted by Crippen LogP contribution is -2.43. The second-order valence-electron chi connectivity index (χ2n) is 7.55. The first kappa shape index (κ1) is 23.2. The van der Waals surface area contributed by atoms with Gasteiger partial charge in [0, 0.05) is 42.7 Å². The lowest BCUT2D eigenvalue weighted by molar-refractivity contribution is -0.120. The zero-order valence-corrected chi connectivity index (χ0v) is 20.0. The summed E-state index contributed by atoms with van der Waals surface area (Å²) in [4.78, 5) is 17.0. The number of hydrogen-bond donors (Lipinski definition) is 1. The van der Waals surface area contributed by atoms with Crippen molar-refractivity contribution in [3.05, 3.63) is 35.5 Å². The van der Waals surface area contributed by atoms with Crippen LogP contribution in [-0.4, -0.2) is 56.1 Å². The molecule has 10 nitrogen and oxygen atoms in total. The summed E-state index contributed by atoms with van der Waals surface area (Å²) in [5.41, 5.74) is 1.13. The number of thiophene rings is 1. The highest BCUT2D eigenvalue weighted by Gasteiger charge is 2.34. The Morgan fingerprint density at radius 2 is 2.03 bits per heavy atom. The summed E-state index contributed by atoms with van der Waals surface area (Å²) >= 11 is 1.10. The van der Waals surface area contributed by atoms with Gasteiger partial charge in [-0.05, 0) is 31.0 Å². The van der Waals surface area contributed by atoms with E-state index in [2.05, 4.69) is 15.5 Å². The smallest absolute Gasteiger partial charge is 0.252 e. The van der Waals surface area contributed by atoms with Gasteiger partial charge in [0.2, 0.25) is 17.6 Å². The van der Waals surface area contributed by atoms with Gasteiger partial charge in [-0.25, -0.2) is 8.42 Å².